The van der Waals surface area contributed by atoms with Gasteiger partial charge >= 0.3 is 23.9 Å². The van der Waals surface area contributed by atoms with Crippen molar-refractivity contribution in [2.45, 2.75) is 25.2 Å². The fourth-order valence-electron chi connectivity index (χ4n) is 4.92. The Morgan fingerprint density at radius 1 is 0.571 bits per heavy atom. The van der Waals surface area contributed by atoms with Crippen molar-refractivity contribution in [2.75, 3.05) is 125 Å². The molecule has 20 heteroatoms. The van der Waals surface area contributed by atoms with E-state index in [0.29, 0.717) is 45.9 Å². The van der Waals surface area contributed by atoms with Crippen LogP contribution in [0, 0.1) is 0 Å². The molecule has 0 radical (unpaired) electrons. The average Bonchev–Trinajstić information content (AvgIpc) is 3.03. The van der Waals surface area contributed by atoms with E-state index in [0.717, 1.165) is 0 Å². The molecule has 0 saturated carbocycles. The molecule has 49 heavy (non-hydrogen) atoms. The van der Waals surface area contributed by atoms with E-state index in [1.54, 1.807) is 27.4 Å². The fourth-order valence-corrected chi connectivity index (χ4v) is 4.92. The number of ether oxygens (including phenoxy) is 3. The molecular formula is C29H53BN6O13. The van der Waals surface area contributed by atoms with Crippen LogP contribution >= 0.6 is 0 Å². The molecule has 0 aromatic rings. The molecule has 1 aliphatic heterocycles. The number of hydrogen-bond acceptors (Lipinski definition) is 13. The Morgan fingerprint density at radius 3 is 1.31 bits per heavy atom. The summed E-state index contributed by atoms with van der Waals surface area (Å²) < 4.78 is 16.2. The van der Waals surface area contributed by atoms with Gasteiger partial charge in [-0.05, 0) is 12.7 Å². The van der Waals surface area contributed by atoms with Crippen LogP contribution in [0.25, 0.3) is 0 Å². The second-order valence-electron chi connectivity index (χ2n) is 11.3. The lowest BCUT2D eigenvalue weighted by Crippen LogP contribution is -2.52. The monoisotopic (exact) mass is 704 g/mol. The number of nitrogens with zero attached hydrogens (tertiary/aromatic N) is 4. The van der Waals surface area contributed by atoms with E-state index in [9.17, 15) is 49.2 Å². The van der Waals surface area contributed by atoms with Gasteiger partial charge in [0.2, 0.25) is 11.8 Å². The summed E-state index contributed by atoms with van der Waals surface area (Å²) in [6.45, 7) is 3.11. The molecule has 0 bridgehead atoms. The summed E-state index contributed by atoms with van der Waals surface area (Å²) in [7, 11) is 1.77. The number of rotatable bonds is 24. The van der Waals surface area contributed by atoms with E-state index < -0.39 is 29.9 Å². The van der Waals surface area contributed by atoms with E-state index in [1.165, 1.54) is 0 Å². The van der Waals surface area contributed by atoms with Gasteiger partial charge in [0.1, 0.15) is 13.9 Å². The minimum atomic E-state index is -1.17. The van der Waals surface area contributed by atoms with E-state index >= 15 is 0 Å². The Labute approximate surface area is 287 Å². The molecule has 0 spiro atoms. The molecule has 19 nitrogen and oxygen atoms in total. The highest BCUT2D eigenvalue weighted by atomic mass is 16.5. The summed E-state index contributed by atoms with van der Waals surface area (Å²) in [6.07, 6.45) is 0.293. The number of amides is 2. The Balaban J connectivity index is 2.58. The van der Waals surface area contributed by atoms with E-state index in [4.69, 9.17) is 14.2 Å². The maximum absolute atomic E-state index is 12.5. The van der Waals surface area contributed by atoms with Gasteiger partial charge in [-0.25, -0.2) is 0 Å². The maximum atomic E-state index is 12.5. The van der Waals surface area contributed by atoms with Gasteiger partial charge in [0.05, 0.1) is 59.3 Å². The van der Waals surface area contributed by atoms with E-state index in [-0.39, 0.29) is 110 Å². The summed E-state index contributed by atoms with van der Waals surface area (Å²) in [4.78, 5) is 76.8. The van der Waals surface area contributed by atoms with Crippen LogP contribution in [0.1, 0.15) is 12.8 Å². The average molecular weight is 705 g/mol. The van der Waals surface area contributed by atoms with Crippen LogP contribution in [-0.2, 0) is 43.0 Å². The van der Waals surface area contributed by atoms with Crippen molar-refractivity contribution < 1.29 is 63.4 Å². The number of carbonyl (C=O) groups excluding carboxylic acids is 2. The lowest BCUT2D eigenvalue weighted by molar-refractivity contribution is -0.145. The van der Waals surface area contributed by atoms with Crippen LogP contribution in [0.5, 0.6) is 0 Å². The Bertz CT molecular complexity index is 995. The molecule has 1 unspecified atom stereocenters. The van der Waals surface area contributed by atoms with Gasteiger partial charge in [0.25, 0.3) is 0 Å². The highest BCUT2D eigenvalue weighted by Crippen LogP contribution is 2.11. The molecule has 0 aromatic carbocycles. The molecule has 1 atom stereocenters. The first-order valence-corrected chi connectivity index (χ1v) is 16.5. The second-order valence-corrected chi connectivity index (χ2v) is 11.3. The highest BCUT2D eigenvalue weighted by molar-refractivity contribution is 6.19. The summed E-state index contributed by atoms with van der Waals surface area (Å²) in [5.74, 6) is -4.81. The molecule has 280 valence electrons. The lowest BCUT2D eigenvalue weighted by atomic mass is 10.1. The Hall–Kier alpha value is -3.40. The number of carbonyl (C=O) groups is 6. The van der Waals surface area contributed by atoms with Gasteiger partial charge in [0, 0.05) is 71.9 Å². The Kier molecular flexibility index (Phi) is 23.6. The van der Waals surface area contributed by atoms with Gasteiger partial charge in [-0.3, -0.25) is 48.4 Å². The number of nitrogens with one attached hydrogen (secondary N) is 2. The first-order valence-electron chi connectivity index (χ1n) is 16.5. The second kappa shape index (κ2) is 26.5. The van der Waals surface area contributed by atoms with Crippen molar-refractivity contribution in [3.8, 4) is 0 Å². The molecule has 0 aromatic heterocycles. The van der Waals surface area contributed by atoms with Crippen molar-refractivity contribution in [2.24, 2.45) is 0 Å². The third-order valence-electron chi connectivity index (χ3n) is 7.52. The third-order valence-corrected chi connectivity index (χ3v) is 7.52. The quantitative estimate of drug-likeness (QED) is 0.0414. The molecule has 1 heterocycles. The number of carboxylic acids is 4. The molecule has 0 aliphatic carbocycles. The molecule has 1 saturated heterocycles. The van der Waals surface area contributed by atoms with E-state index in [2.05, 4.69) is 10.6 Å². The van der Waals surface area contributed by atoms with Gasteiger partial charge < -0.3 is 45.3 Å². The minimum Gasteiger partial charge on any atom is -0.480 e. The SMILES string of the molecule is BCC(=O)NCCOCCOCCOCCNC(=O)CCC(C(=O)O)N1CCN(CC(=O)O)CCN(CC(=O)O)CCN(CC(=O)O)CC1. The van der Waals surface area contributed by atoms with Crippen LogP contribution in [0.3, 0.4) is 0 Å². The normalized spacial score (nSPS) is 16.6. The summed E-state index contributed by atoms with van der Waals surface area (Å²) in [5.41, 5.74) is 0. The molecule has 6 N–H and O–H groups in total. The van der Waals surface area contributed by atoms with Gasteiger partial charge in [0.15, 0.2) is 0 Å². The van der Waals surface area contributed by atoms with Crippen molar-refractivity contribution in [3.05, 3.63) is 0 Å². The fraction of sp³-hybridized carbons (Fsp3) is 0.793. The van der Waals surface area contributed by atoms with Crippen LogP contribution < -0.4 is 10.6 Å². The first kappa shape index (κ1) is 43.6. The van der Waals surface area contributed by atoms with Crippen LogP contribution in [0.4, 0.5) is 0 Å². The summed E-state index contributed by atoms with van der Waals surface area (Å²) >= 11 is 0. The van der Waals surface area contributed by atoms with E-state index in [1.807, 2.05) is 0 Å². The molecule has 1 fully saturated rings. The van der Waals surface area contributed by atoms with Crippen LogP contribution in [0.2, 0.25) is 6.32 Å². The maximum Gasteiger partial charge on any atom is 0.320 e. The predicted molar refractivity (Wildman–Crippen MR) is 176 cm³/mol. The topological polar surface area (TPSA) is 248 Å². The zero-order valence-electron chi connectivity index (χ0n) is 28.4. The van der Waals surface area contributed by atoms with Crippen LogP contribution in [0.15, 0.2) is 0 Å². The Morgan fingerprint density at radius 2 is 0.939 bits per heavy atom. The molecule has 1 aliphatic rings. The van der Waals surface area contributed by atoms with Crippen molar-refractivity contribution in [1.82, 2.24) is 30.2 Å². The zero-order chi connectivity index (χ0) is 36.4. The smallest absolute Gasteiger partial charge is 0.320 e. The zero-order valence-corrected chi connectivity index (χ0v) is 28.4. The summed E-state index contributed by atoms with van der Waals surface area (Å²) in [6, 6.07) is -1.09. The van der Waals surface area contributed by atoms with Gasteiger partial charge in [-0.2, -0.15) is 0 Å². The van der Waals surface area contributed by atoms with Crippen molar-refractivity contribution in [3.63, 3.8) is 0 Å². The third kappa shape index (κ3) is 22.8. The van der Waals surface area contributed by atoms with Gasteiger partial charge in [-0.15, -0.1) is 0 Å². The number of hydrogen-bond donors (Lipinski definition) is 6. The predicted octanol–water partition coefficient (Wildman–Crippen LogP) is -3.97. The molecular weight excluding hydrogens is 651 g/mol. The lowest BCUT2D eigenvalue weighted by Gasteiger charge is -2.35. The standard InChI is InChI=1S/C29H53BN6O13/c30-19-25(38)32-4-14-48-16-18-49-17-15-47-13-3-31-24(37)2-1-23(29(45)46)36-11-9-34(21-27(41)42)7-5-33(20-26(39)40)6-8-35(10-12-36)22-28(43)44/h23H,1-22,30H2,(H,31,37)(H,32,38)(H,39,40)(H,41,42)(H,43,44)(H,45,46). The van der Waals surface area contributed by atoms with Crippen molar-refractivity contribution >= 4 is 43.5 Å². The summed E-state index contributed by atoms with van der Waals surface area (Å²) in [5, 5.41) is 43.6. The van der Waals surface area contributed by atoms with Crippen molar-refractivity contribution in [1.29, 1.82) is 0 Å². The minimum absolute atomic E-state index is 0.0341. The molecule has 1 rings (SSSR count). The number of aliphatic carboxylic acids is 4. The van der Waals surface area contributed by atoms with Crippen LogP contribution in [-0.4, -0.2) is 214 Å². The highest BCUT2D eigenvalue weighted by Gasteiger charge is 2.28. The number of carboxylic acid groups (broad SMARTS) is 4. The first-order chi connectivity index (χ1) is 23.4. The van der Waals surface area contributed by atoms with Gasteiger partial charge in [-0.1, -0.05) is 0 Å². The molecule has 2 amide bonds. The largest absolute Gasteiger partial charge is 0.480 e.